The van der Waals surface area contributed by atoms with Crippen LogP contribution >= 0.6 is 46.9 Å². The minimum atomic E-state index is -0.615. The average Bonchev–Trinajstić information content (AvgIpc) is 2.95. The highest BCUT2D eigenvalue weighted by molar-refractivity contribution is 14.0. The Morgan fingerprint density at radius 3 is 2.77 bits per heavy atom. The summed E-state index contributed by atoms with van der Waals surface area (Å²) in [5, 5.41) is 16.3. The van der Waals surface area contributed by atoms with Crippen LogP contribution in [0, 0.1) is 0 Å². The number of aliphatic hydroxyl groups is 1. The maximum atomic E-state index is 10.1. The quantitative estimate of drug-likeness (QED) is 0.371. The van der Waals surface area contributed by atoms with Crippen LogP contribution in [-0.4, -0.2) is 29.6 Å². The van der Waals surface area contributed by atoms with Gasteiger partial charge in [0.15, 0.2) is 5.96 Å². The van der Waals surface area contributed by atoms with Crippen LogP contribution in [0.25, 0.3) is 0 Å². The molecule has 0 bridgehead atoms. The van der Waals surface area contributed by atoms with E-state index in [1.165, 1.54) is 11.3 Å². The van der Waals surface area contributed by atoms with Crippen molar-refractivity contribution in [1.29, 1.82) is 0 Å². The number of halogens is 2. The topological polar surface area (TPSA) is 69.5 Å². The molecule has 22 heavy (non-hydrogen) atoms. The van der Waals surface area contributed by atoms with E-state index in [0.29, 0.717) is 23.4 Å². The van der Waals surface area contributed by atoms with Crippen molar-refractivity contribution < 1.29 is 5.11 Å². The van der Waals surface area contributed by atoms with E-state index in [2.05, 4.69) is 20.6 Å². The van der Waals surface area contributed by atoms with Gasteiger partial charge in [-0.3, -0.25) is 9.98 Å². The van der Waals surface area contributed by atoms with Crippen LogP contribution in [0.4, 0.5) is 0 Å². The van der Waals surface area contributed by atoms with Gasteiger partial charge < -0.3 is 15.7 Å². The van der Waals surface area contributed by atoms with Crippen molar-refractivity contribution in [3.8, 4) is 0 Å². The first-order chi connectivity index (χ1) is 10.2. The number of thiophene rings is 1. The van der Waals surface area contributed by atoms with E-state index < -0.39 is 6.10 Å². The highest BCUT2D eigenvalue weighted by Gasteiger charge is 2.10. The van der Waals surface area contributed by atoms with E-state index in [4.69, 9.17) is 11.6 Å². The molecule has 0 aliphatic carbocycles. The Bertz CT molecular complexity index is 594. The van der Waals surface area contributed by atoms with Gasteiger partial charge in [0.2, 0.25) is 0 Å². The van der Waals surface area contributed by atoms with Gasteiger partial charge in [-0.05, 0) is 24.3 Å². The second kappa shape index (κ2) is 9.98. The van der Waals surface area contributed by atoms with Gasteiger partial charge in [0.05, 0.1) is 16.6 Å². The summed E-state index contributed by atoms with van der Waals surface area (Å²) >= 11 is 7.23. The molecule has 0 spiro atoms. The third-order valence-electron chi connectivity index (χ3n) is 2.77. The number of aliphatic imine (C=N–C) groups is 1. The molecule has 2 heterocycles. The average molecular weight is 453 g/mol. The van der Waals surface area contributed by atoms with Crippen molar-refractivity contribution in [1.82, 2.24) is 15.6 Å². The standard InChI is InChI=1S/C14H17ClN4OS.HI/c1-16-14(18-8-10-4-2-3-7-17-10)19-9-11(20)12-5-6-13(15)21-12;/h2-7,11,20H,8-9H2,1H3,(H2,16,18,19);1H. The van der Waals surface area contributed by atoms with Crippen LogP contribution in [0.5, 0.6) is 0 Å². The number of hydrogen-bond acceptors (Lipinski definition) is 4. The number of rotatable bonds is 5. The Morgan fingerprint density at radius 1 is 1.36 bits per heavy atom. The maximum Gasteiger partial charge on any atom is 0.191 e. The molecule has 3 N–H and O–H groups in total. The van der Waals surface area contributed by atoms with E-state index in [0.717, 1.165) is 10.6 Å². The first-order valence-electron chi connectivity index (χ1n) is 6.46. The van der Waals surface area contributed by atoms with Gasteiger partial charge in [0.1, 0.15) is 6.10 Å². The van der Waals surface area contributed by atoms with Gasteiger partial charge in [0.25, 0.3) is 0 Å². The first-order valence-corrected chi connectivity index (χ1v) is 7.66. The lowest BCUT2D eigenvalue weighted by Gasteiger charge is -2.14. The third kappa shape index (κ3) is 6.07. The fourth-order valence-corrected chi connectivity index (χ4v) is 2.75. The molecule has 120 valence electrons. The minimum absolute atomic E-state index is 0. The molecule has 2 aromatic heterocycles. The maximum absolute atomic E-state index is 10.1. The van der Waals surface area contributed by atoms with Crippen LogP contribution < -0.4 is 10.6 Å². The Balaban J connectivity index is 0.00000242. The second-order valence-corrected chi connectivity index (χ2v) is 6.03. The lowest BCUT2D eigenvalue weighted by Crippen LogP contribution is -2.39. The van der Waals surface area contributed by atoms with Crippen molar-refractivity contribution >= 4 is 52.9 Å². The van der Waals surface area contributed by atoms with Crippen LogP contribution in [0.2, 0.25) is 4.34 Å². The number of hydrogen-bond donors (Lipinski definition) is 3. The van der Waals surface area contributed by atoms with Crippen LogP contribution in [0.1, 0.15) is 16.7 Å². The molecule has 0 radical (unpaired) electrons. The van der Waals surface area contributed by atoms with Crippen molar-refractivity contribution in [3.63, 3.8) is 0 Å². The SMILES string of the molecule is CN=C(NCc1ccccn1)NCC(O)c1ccc(Cl)s1.I. The normalized spacial score (nSPS) is 12.4. The molecule has 1 unspecified atom stereocenters. The Labute approximate surface area is 155 Å². The molecule has 1 atom stereocenters. The molecule has 2 rings (SSSR count). The van der Waals surface area contributed by atoms with Crippen molar-refractivity contribution in [2.24, 2.45) is 4.99 Å². The van der Waals surface area contributed by atoms with E-state index in [1.54, 1.807) is 19.3 Å². The van der Waals surface area contributed by atoms with Gasteiger partial charge in [-0.1, -0.05) is 17.7 Å². The van der Waals surface area contributed by atoms with Gasteiger partial charge in [-0.2, -0.15) is 0 Å². The van der Waals surface area contributed by atoms with Gasteiger partial charge in [-0.25, -0.2) is 0 Å². The van der Waals surface area contributed by atoms with Gasteiger partial charge in [-0.15, -0.1) is 35.3 Å². The monoisotopic (exact) mass is 452 g/mol. The predicted molar refractivity (Wildman–Crippen MR) is 102 cm³/mol. The number of guanidine groups is 1. The van der Waals surface area contributed by atoms with Gasteiger partial charge >= 0.3 is 0 Å². The minimum Gasteiger partial charge on any atom is -0.386 e. The summed E-state index contributed by atoms with van der Waals surface area (Å²) in [7, 11) is 1.68. The molecule has 0 amide bonds. The van der Waals surface area contributed by atoms with Crippen LogP contribution in [0.15, 0.2) is 41.5 Å². The predicted octanol–water partition coefficient (Wildman–Crippen LogP) is 2.81. The molecule has 0 aliphatic heterocycles. The zero-order valence-electron chi connectivity index (χ0n) is 12.0. The number of nitrogens with zero attached hydrogens (tertiary/aromatic N) is 2. The van der Waals surface area contributed by atoms with E-state index in [1.807, 2.05) is 24.3 Å². The summed E-state index contributed by atoms with van der Waals surface area (Å²) in [5.41, 5.74) is 0.922. The highest BCUT2D eigenvalue weighted by atomic mass is 127. The second-order valence-electron chi connectivity index (χ2n) is 4.29. The highest BCUT2D eigenvalue weighted by Crippen LogP contribution is 2.26. The Kier molecular flexibility index (Phi) is 8.69. The Hall–Kier alpha value is -0.900. The molecule has 0 saturated carbocycles. The molecule has 0 fully saturated rings. The summed E-state index contributed by atoms with van der Waals surface area (Å²) in [6, 6.07) is 9.34. The molecule has 0 aliphatic rings. The largest absolute Gasteiger partial charge is 0.386 e. The number of nitrogens with one attached hydrogen (secondary N) is 2. The molecular formula is C14H18ClIN4OS. The number of aromatic nitrogens is 1. The van der Waals surface area contributed by atoms with E-state index in [9.17, 15) is 5.11 Å². The summed E-state index contributed by atoms with van der Waals surface area (Å²) < 4.78 is 0.668. The number of pyridine rings is 1. The van der Waals surface area contributed by atoms with E-state index >= 15 is 0 Å². The van der Waals surface area contributed by atoms with Crippen LogP contribution in [-0.2, 0) is 6.54 Å². The molecule has 0 saturated heterocycles. The lowest BCUT2D eigenvalue weighted by molar-refractivity contribution is 0.184. The summed E-state index contributed by atoms with van der Waals surface area (Å²) in [4.78, 5) is 9.16. The molecule has 8 heteroatoms. The van der Waals surface area contributed by atoms with Crippen molar-refractivity contribution in [3.05, 3.63) is 51.4 Å². The fourth-order valence-electron chi connectivity index (χ4n) is 1.70. The molecular weight excluding hydrogens is 435 g/mol. The van der Waals surface area contributed by atoms with E-state index in [-0.39, 0.29) is 24.0 Å². The lowest BCUT2D eigenvalue weighted by atomic mass is 10.3. The van der Waals surface area contributed by atoms with Gasteiger partial charge in [0, 0.05) is 24.7 Å². The fraction of sp³-hybridized carbons (Fsp3) is 0.286. The molecule has 0 aromatic carbocycles. The molecule has 2 aromatic rings. The Morgan fingerprint density at radius 2 is 2.18 bits per heavy atom. The van der Waals surface area contributed by atoms with Crippen LogP contribution in [0.3, 0.4) is 0 Å². The first kappa shape index (κ1) is 19.1. The summed E-state index contributed by atoms with van der Waals surface area (Å²) in [6.07, 6.45) is 1.13. The summed E-state index contributed by atoms with van der Waals surface area (Å²) in [5.74, 6) is 0.613. The summed E-state index contributed by atoms with van der Waals surface area (Å²) in [6.45, 7) is 0.931. The van der Waals surface area contributed by atoms with Crippen molar-refractivity contribution in [2.75, 3.05) is 13.6 Å². The smallest absolute Gasteiger partial charge is 0.191 e. The van der Waals surface area contributed by atoms with Crippen molar-refractivity contribution in [2.45, 2.75) is 12.6 Å². The zero-order chi connectivity index (χ0) is 15.1. The zero-order valence-corrected chi connectivity index (χ0v) is 15.9. The number of aliphatic hydroxyl groups excluding tert-OH is 1. The molecule has 5 nitrogen and oxygen atoms in total. The third-order valence-corrected chi connectivity index (χ3v) is 4.10.